The van der Waals surface area contributed by atoms with Gasteiger partial charge in [0, 0.05) is 5.92 Å². The van der Waals surface area contributed by atoms with E-state index < -0.39 is 18.2 Å². The Morgan fingerprint density at radius 2 is 1.61 bits per heavy atom. The van der Waals surface area contributed by atoms with Crippen LogP contribution in [0.2, 0.25) is 0 Å². The van der Waals surface area contributed by atoms with E-state index in [1.165, 1.54) is 0 Å². The lowest BCUT2D eigenvalue weighted by Crippen LogP contribution is -2.29. The van der Waals surface area contributed by atoms with Crippen LogP contribution in [-0.4, -0.2) is 36.5 Å². The van der Waals surface area contributed by atoms with Crippen molar-refractivity contribution in [3.05, 3.63) is 59.7 Å². The number of hydrogen-bond donors (Lipinski definition) is 2. The van der Waals surface area contributed by atoms with Crippen molar-refractivity contribution in [1.29, 1.82) is 0 Å². The van der Waals surface area contributed by atoms with Crippen molar-refractivity contribution in [2.45, 2.75) is 31.3 Å². The normalized spacial score (nSPS) is 13.5. The molecule has 1 atom stereocenters. The van der Waals surface area contributed by atoms with E-state index in [1.54, 1.807) is 0 Å². The number of fused-ring (bicyclic) bond motifs is 3. The Labute approximate surface area is 162 Å². The molecule has 7 nitrogen and oxygen atoms in total. The van der Waals surface area contributed by atoms with Crippen LogP contribution in [0, 0.1) is 0 Å². The summed E-state index contributed by atoms with van der Waals surface area (Å²) in [7, 11) is 0. The fourth-order valence-corrected chi connectivity index (χ4v) is 3.48. The van der Waals surface area contributed by atoms with Crippen molar-refractivity contribution >= 4 is 12.1 Å². The van der Waals surface area contributed by atoms with Crippen LogP contribution in [0.5, 0.6) is 0 Å². The Morgan fingerprint density at radius 3 is 2.18 bits per heavy atom. The number of unbranched alkanes of at least 4 members (excludes halogenated alkanes) is 1. The second kappa shape index (κ2) is 9.34. The summed E-state index contributed by atoms with van der Waals surface area (Å²) >= 11 is 0. The van der Waals surface area contributed by atoms with Crippen molar-refractivity contribution in [2.24, 2.45) is 5.73 Å². The lowest BCUT2D eigenvalue weighted by atomic mass is 9.98. The van der Waals surface area contributed by atoms with Crippen molar-refractivity contribution in [1.82, 2.24) is 0 Å². The first-order valence-electron chi connectivity index (χ1n) is 9.23. The van der Waals surface area contributed by atoms with Gasteiger partial charge in [0.1, 0.15) is 6.61 Å². The van der Waals surface area contributed by atoms with E-state index in [-0.39, 0.29) is 18.9 Å². The van der Waals surface area contributed by atoms with Gasteiger partial charge >= 0.3 is 12.1 Å². The van der Waals surface area contributed by atoms with Gasteiger partial charge in [0.15, 0.2) is 0 Å². The molecule has 0 radical (unpaired) electrons. The van der Waals surface area contributed by atoms with Crippen LogP contribution < -0.4 is 5.73 Å². The van der Waals surface area contributed by atoms with E-state index in [0.29, 0.717) is 19.4 Å². The molecule has 0 heterocycles. The summed E-state index contributed by atoms with van der Waals surface area (Å²) in [4.78, 5) is 31.9. The second-order valence-corrected chi connectivity index (χ2v) is 6.58. The van der Waals surface area contributed by atoms with Crippen LogP contribution in [0.15, 0.2) is 48.5 Å². The molecular weight excluding hydrogens is 362 g/mol. The summed E-state index contributed by atoms with van der Waals surface area (Å²) in [6.07, 6.45) is -1.19. The smallest absolute Gasteiger partial charge is 0.463 e. The summed E-state index contributed by atoms with van der Waals surface area (Å²) in [6, 6.07) is 16.0. The van der Waals surface area contributed by atoms with Crippen molar-refractivity contribution < 1.29 is 29.2 Å². The molecule has 0 spiro atoms. The third-order valence-electron chi connectivity index (χ3n) is 4.77. The molecule has 148 valence electrons. The zero-order chi connectivity index (χ0) is 19.9. The van der Waals surface area contributed by atoms with Gasteiger partial charge in [0.2, 0.25) is 6.10 Å². The predicted octanol–water partition coefficient (Wildman–Crippen LogP) is 3.47. The molecule has 1 aliphatic carbocycles. The summed E-state index contributed by atoms with van der Waals surface area (Å²) in [5.74, 6) is -0.735. The highest BCUT2D eigenvalue weighted by Gasteiger charge is 2.31. The van der Waals surface area contributed by atoms with E-state index in [4.69, 9.17) is 20.5 Å². The molecule has 0 saturated carbocycles. The third-order valence-corrected chi connectivity index (χ3v) is 4.77. The number of nitrogens with two attached hydrogens (primary N) is 1. The lowest BCUT2D eigenvalue weighted by molar-refractivity contribution is -0.283. The number of carbonyl (C=O) groups excluding carboxylic acids is 1. The minimum absolute atomic E-state index is 0.0820. The van der Waals surface area contributed by atoms with Crippen LogP contribution in [-0.2, 0) is 19.3 Å². The van der Waals surface area contributed by atoms with Gasteiger partial charge < -0.3 is 15.6 Å². The van der Waals surface area contributed by atoms with Crippen molar-refractivity contribution in [3.63, 3.8) is 0 Å². The SMILES string of the molecule is NCCCCC(OOC(=O)O)C(=O)OCC1c2ccccc2-c2ccccc21. The van der Waals surface area contributed by atoms with Gasteiger partial charge in [-0.1, -0.05) is 48.5 Å². The Balaban J connectivity index is 1.69. The Hall–Kier alpha value is -2.90. The molecule has 1 unspecified atom stereocenters. The molecule has 2 aromatic rings. The number of carbonyl (C=O) groups is 2. The first-order chi connectivity index (χ1) is 13.6. The Morgan fingerprint density at radius 1 is 1.00 bits per heavy atom. The number of rotatable bonds is 9. The summed E-state index contributed by atoms with van der Waals surface area (Å²) in [6.45, 7) is 0.605. The Kier molecular flexibility index (Phi) is 6.62. The maximum atomic E-state index is 12.5. The minimum Gasteiger partial charge on any atom is -0.463 e. The fourth-order valence-electron chi connectivity index (χ4n) is 3.48. The van der Waals surface area contributed by atoms with Crippen LogP contribution in [0.3, 0.4) is 0 Å². The molecule has 7 heteroatoms. The zero-order valence-electron chi connectivity index (χ0n) is 15.4. The topological polar surface area (TPSA) is 108 Å². The molecule has 3 N–H and O–H groups in total. The fraction of sp³-hybridized carbons (Fsp3) is 0.333. The number of carboxylic acid groups (broad SMARTS) is 1. The van der Waals surface area contributed by atoms with Gasteiger partial charge in [-0.2, -0.15) is 4.89 Å². The van der Waals surface area contributed by atoms with Gasteiger partial charge in [-0.3, -0.25) is 4.89 Å². The highest BCUT2D eigenvalue weighted by Crippen LogP contribution is 2.44. The molecule has 0 aromatic heterocycles. The summed E-state index contributed by atoms with van der Waals surface area (Å²) < 4.78 is 5.50. The molecule has 0 aliphatic heterocycles. The zero-order valence-corrected chi connectivity index (χ0v) is 15.4. The average Bonchev–Trinajstić information content (AvgIpc) is 3.02. The minimum atomic E-state index is -1.62. The van der Waals surface area contributed by atoms with Crippen molar-refractivity contribution in [2.75, 3.05) is 13.2 Å². The number of esters is 1. The van der Waals surface area contributed by atoms with E-state index in [9.17, 15) is 9.59 Å². The molecule has 3 rings (SSSR count). The largest absolute Gasteiger partial charge is 0.537 e. The first kappa shape index (κ1) is 19.9. The molecule has 0 saturated heterocycles. The predicted molar refractivity (Wildman–Crippen MR) is 102 cm³/mol. The summed E-state index contributed by atoms with van der Waals surface area (Å²) in [5, 5.41) is 8.62. The standard InChI is InChI=1S/C21H23NO6/c22-12-6-5-11-19(27-28-21(24)25)20(23)26-13-18-16-9-3-1-7-14(16)15-8-2-4-10-17(15)18/h1-4,7-10,18-19H,5-6,11-13,22H2,(H,24,25). The van der Waals surface area contributed by atoms with Crippen LogP contribution in [0.1, 0.15) is 36.3 Å². The van der Waals surface area contributed by atoms with Gasteiger partial charge in [0.05, 0.1) is 0 Å². The maximum absolute atomic E-state index is 12.5. The number of hydrogen-bond acceptors (Lipinski definition) is 6. The monoisotopic (exact) mass is 385 g/mol. The maximum Gasteiger partial charge on any atom is 0.537 e. The molecular formula is C21H23NO6. The summed E-state index contributed by atoms with van der Waals surface area (Å²) in [5.41, 5.74) is 9.91. The number of ether oxygens (including phenoxy) is 1. The van der Waals surface area contributed by atoms with Gasteiger partial charge in [-0.05, 0) is 48.1 Å². The van der Waals surface area contributed by atoms with Crippen LogP contribution >= 0.6 is 0 Å². The van der Waals surface area contributed by atoms with Gasteiger partial charge in [-0.15, -0.1) is 0 Å². The quantitative estimate of drug-likeness (QED) is 0.294. The molecule has 0 fully saturated rings. The first-order valence-corrected chi connectivity index (χ1v) is 9.23. The average molecular weight is 385 g/mol. The second-order valence-electron chi connectivity index (χ2n) is 6.58. The molecule has 2 aromatic carbocycles. The molecule has 28 heavy (non-hydrogen) atoms. The molecule has 0 amide bonds. The number of benzene rings is 2. The molecule has 0 bridgehead atoms. The van der Waals surface area contributed by atoms with Gasteiger partial charge in [0.25, 0.3) is 0 Å². The third kappa shape index (κ3) is 4.49. The lowest BCUT2D eigenvalue weighted by Gasteiger charge is -2.17. The van der Waals surface area contributed by atoms with E-state index in [0.717, 1.165) is 22.3 Å². The van der Waals surface area contributed by atoms with Crippen molar-refractivity contribution in [3.8, 4) is 11.1 Å². The van der Waals surface area contributed by atoms with Crippen LogP contribution in [0.25, 0.3) is 11.1 Å². The molecule has 1 aliphatic rings. The highest BCUT2D eigenvalue weighted by molar-refractivity contribution is 5.79. The highest BCUT2D eigenvalue weighted by atomic mass is 17.2. The Bertz CT molecular complexity index is 792. The van der Waals surface area contributed by atoms with Gasteiger partial charge in [-0.25, -0.2) is 9.59 Å². The van der Waals surface area contributed by atoms with E-state index >= 15 is 0 Å². The van der Waals surface area contributed by atoms with E-state index in [2.05, 4.69) is 17.0 Å². The van der Waals surface area contributed by atoms with E-state index in [1.807, 2.05) is 36.4 Å². The van der Waals surface area contributed by atoms with Crippen LogP contribution in [0.4, 0.5) is 4.79 Å².